The topological polar surface area (TPSA) is 62.2 Å². The number of hydrogen-bond acceptors (Lipinski definition) is 4. The van der Waals surface area contributed by atoms with Gasteiger partial charge in [-0.3, -0.25) is 9.59 Å². The number of nitrogens with zero attached hydrogens (tertiary/aromatic N) is 3. The number of amides is 2. The average molecular weight is 365 g/mol. The van der Waals surface area contributed by atoms with Crippen molar-refractivity contribution in [2.45, 2.75) is 19.4 Å². The molecule has 3 rings (SSSR count). The third-order valence-corrected chi connectivity index (χ3v) is 4.66. The van der Waals surface area contributed by atoms with Crippen molar-refractivity contribution in [1.82, 2.24) is 9.91 Å². The molecule has 27 heavy (non-hydrogen) atoms. The van der Waals surface area contributed by atoms with E-state index in [-0.39, 0.29) is 24.4 Å². The zero-order valence-corrected chi connectivity index (χ0v) is 15.8. The lowest BCUT2D eigenvalue weighted by Gasteiger charge is -2.24. The lowest BCUT2D eigenvalue weighted by atomic mass is 9.98. The van der Waals surface area contributed by atoms with Crippen LogP contribution in [0, 0.1) is 0 Å². The Morgan fingerprint density at radius 2 is 1.93 bits per heavy atom. The number of hydrazone groups is 1. The maximum absolute atomic E-state index is 12.8. The molecule has 1 atom stereocenters. The molecule has 0 fully saturated rings. The molecular formula is C21H23N3O3. The van der Waals surface area contributed by atoms with Crippen LogP contribution in [-0.2, 0) is 9.59 Å². The molecule has 0 aromatic heterocycles. The van der Waals surface area contributed by atoms with Crippen molar-refractivity contribution in [2.75, 3.05) is 20.7 Å². The summed E-state index contributed by atoms with van der Waals surface area (Å²) < 4.78 is 5.30. The van der Waals surface area contributed by atoms with E-state index in [1.807, 2.05) is 54.6 Å². The predicted octanol–water partition coefficient (Wildman–Crippen LogP) is 2.85. The minimum atomic E-state index is -0.209. The third-order valence-electron chi connectivity index (χ3n) is 4.66. The van der Waals surface area contributed by atoms with E-state index in [2.05, 4.69) is 5.10 Å². The Balaban J connectivity index is 1.92. The van der Waals surface area contributed by atoms with Crippen LogP contribution in [0.4, 0.5) is 0 Å². The van der Waals surface area contributed by atoms with E-state index in [1.54, 1.807) is 14.2 Å². The van der Waals surface area contributed by atoms with Gasteiger partial charge in [0, 0.05) is 26.0 Å². The van der Waals surface area contributed by atoms with E-state index >= 15 is 0 Å². The van der Waals surface area contributed by atoms with Gasteiger partial charge in [0.2, 0.25) is 5.91 Å². The van der Waals surface area contributed by atoms with E-state index in [0.29, 0.717) is 6.42 Å². The summed E-state index contributed by atoms with van der Waals surface area (Å²) in [6, 6.07) is 17.3. The quantitative estimate of drug-likeness (QED) is 0.818. The fraction of sp³-hybridized carbons (Fsp3) is 0.286. The van der Waals surface area contributed by atoms with E-state index < -0.39 is 0 Å². The Bertz CT molecular complexity index is 864. The van der Waals surface area contributed by atoms with Crippen LogP contribution < -0.4 is 4.74 Å². The molecule has 0 saturated heterocycles. The Morgan fingerprint density at radius 3 is 2.59 bits per heavy atom. The van der Waals surface area contributed by atoms with Crippen LogP contribution in [0.3, 0.4) is 0 Å². The number of carbonyl (C=O) groups excluding carboxylic acids is 2. The van der Waals surface area contributed by atoms with Crippen molar-refractivity contribution in [3.05, 3.63) is 65.7 Å². The monoisotopic (exact) mass is 365 g/mol. The number of hydrogen-bond donors (Lipinski definition) is 0. The van der Waals surface area contributed by atoms with Crippen molar-refractivity contribution < 1.29 is 14.3 Å². The van der Waals surface area contributed by atoms with Gasteiger partial charge in [0.15, 0.2) is 0 Å². The zero-order valence-electron chi connectivity index (χ0n) is 15.8. The molecule has 6 nitrogen and oxygen atoms in total. The Morgan fingerprint density at radius 1 is 1.19 bits per heavy atom. The van der Waals surface area contributed by atoms with Crippen molar-refractivity contribution in [1.29, 1.82) is 0 Å². The van der Waals surface area contributed by atoms with Crippen LogP contribution in [0.15, 0.2) is 59.7 Å². The van der Waals surface area contributed by atoms with Crippen molar-refractivity contribution in [3.8, 4) is 5.75 Å². The maximum atomic E-state index is 12.8. The van der Waals surface area contributed by atoms with Gasteiger partial charge in [-0.2, -0.15) is 5.10 Å². The standard InChI is InChI=1S/C21H23N3O3/c1-15(25)23(2)14-21(26)24-20(16-8-5-4-6-9-16)13-19(22-24)17-10-7-11-18(12-17)27-3/h4-12,20H,13-14H2,1-3H3/t20-/m0/s1. The summed E-state index contributed by atoms with van der Waals surface area (Å²) in [5.41, 5.74) is 2.75. The Labute approximate surface area is 159 Å². The molecule has 1 aliphatic heterocycles. The van der Waals surface area contributed by atoms with Crippen molar-refractivity contribution in [3.63, 3.8) is 0 Å². The van der Waals surface area contributed by atoms with Crippen molar-refractivity contribution in [2.24, 2.45) is 5.10 Å². The summed E-state index contributed by atoms with van der Waals surface area (Å²) in [5.74, 6) is 0.378. The molecule has 2 aromatic carbocycles. The summed E-state index contributed by atoms with van der Waals surface area (Å²) in [6.45, 7) is 1.43. The molecule has 0 radical (unpaired) electrons. The second-order valence-corrected chi connectivity index (χ2v) is 6.52. The summed E-state index contributed by atoms with van der Waals surface area (Å²) >= 11 is 0. The number of ether oxygens (including phenoxy) is 1. The largest absolute Gasteiger partial charge is 0.497 e. The minimum absolute atomic E-state index is 0.00639. The zero-order chi connectivity index (χ0) is 19.4. The number of methoxy groups -OCH3 is 1. The summed E-state index contributed by atoms with van der Waals surface area (Å²) in [5, 5.41) is 6.11. The molecule has 6 heteroatoms. The number of carbonyl (C=O) groups is 2. The molecule has 0 spiro atoms. The molecular weight excluding hydrogens is 342 g/mol. The smallest absolute Gasteiger partial charge is 0.262 e. The van der Waals surface area contributed by atoms with E-state index in [1.165, 1.54) is 16.8 Å². The SMILES string of the molecule is COc1cccc(C2=NN(C(=O)CN(C)C(C)=O)[C@H](c3ccccc3)C2)c1. The van der Waals surface area contributed by atoms with E-state index in [4.69, 9.17) is 4.74 Å². The first-order valence-corrected chi connectivity index (χ1v) is 8.80. The number of benzene rings is 2. The van der Waals surface area contributed by atoms with Crippen LogP contribution in [0.1, 0.15) is 30.5 Å². The fourth-order valence-corrected chi connectivity index (χ4v) is 3.04. The predicted molar refractivity (Wildman–Crippen MR) is 103 cm³/mol. The molecule has 0 saturated carbocycles. The van der Waals surface area contributed by atoms with Crippen LogP contribution in [0.25, 0.3) is 0 Å². The highest BCUT2D eigenvalue weighted by Gasteiger charge is 2.33. The van der Waals surface area contributed by atoms with Crippen LogP contribution in [0.2, 0.25) is 0 Å². The third kappa shape index (κ3) is 4.16. The molecule has 2 amide bonds. The van der Waals surface area contributed by atoms with E-state index in [0.717, 1.165) is 22.6 Å². The Kier molecular flexibility index (Phi) is 5.54. The molecule has 0 unspecified atom stereocenters. The molecule has 0 aliphatic carbocycles. The second kappa shape index (κ2) is 8.03. The number of likely N-dealkylation sites (N-methyl/N-ethyl adjacent to an activating group) is 1. The highest BCUT2D eigenvalue weighted by atomic mass is 16.5. The highest BCUT2D eigenvalue weighted by molar-refractivity contribution is 6.03. The first kappa shape index (κ1) is 18.6. The van der Waals surface area contributed by atoms with Gasteiger partial charge in [-0.25, -0.2) is 5.01 Å². The van der Waals surface area contributed by atoms with Gasteiger partial charge in [0.05, 0.1) is 18.9 Å². The molecule has 0 N–H and O–H groups in total. The Hall–Kier alpha value is -3.15. The first-order chi connectivity index (χ1) is 13.0. The van der Waals surface area contributed by atoms with Gasteiger partial charge in [-0.15, -0.1) is 0 Å². The summed E-state index contributed by atoms with van der Waals surface area (Å²) in [6.07, 6.45) is 0.604. The normalized spacial score (nSPS) is 16.0. The molecule has 140 valence electrons. The van der Waals surface area contributed by atoms with E-state index in [9.17, 15) is 9.59 Å². The number of rotatable bonds is 5. The van der Waals surface area contributed by atoms with Crippen LogP contribution in [-0.4, -0.2) is 48.1 Å². The second-order valence-electron chi connectivity index (χ2n) is 6.52. The average Bonchev–Trinajstić information content (AvgIpc) is 3.14. The van der Waals surface area contributed by atoms with Gasteiger partial charge in [0.1, 0.15) is 12.3 Å². The van der Waals surface area contributed by atoms with Crippen LogP contribution >= 0.6 is 0 Å². The molecule has 1 aliphatic rings. The first-order valence-electron chi connectivity index (χ1n) is 8.80. The van der Waals surface area contributed by atoms with Gasteiger partial charge in [-0.05, 0) is 17.7 Å². The fourth-order valence-electron chi connectivity index (χ4n) is 3.04. The molecule has 1 heterocycles. The van der Waals surface area contributed by atoms with Gasteiger partial charge < -0.3 is 9.64 Å². The van der Waals surface area contributed by atoms with Crippen LogP contribution in [0.5, 0.6) is 5.75 Å². The van der Waals surface area contributed by atoms with Gasteiger partial charge >= 0.3 is 0 Å². The lowest BCUT2D eigenvalue weighted by Crippen LogP contribution is -2.38. The lowest BCUT2D eigenvalue weighted by molar-refractivity contribution is -0.139. The molecule has 0 bridgehead atoms. The minimum Gasteiger partial charge on any atom is -0.497 e. The summed E-state index contributed by atoms with van der Waals surface area (Å²) in [4.78, 5) is 25.7. The highest BCUT2D eigenvalue weighted by Crippen LogP contribution is 2.33. The van der Waals surface area contributed by atoms with Gasteiger partial charge in [0.25, 0.3) is 5.91 Å². The van der Waals surface area contributed by atoms with Gasteiger partial charge in [-0.1, -0.05) is 42.5 Å². The summed E-state index contributed by atoms with van der Waals surface area (Å²) in [7, 11) is 3.23. The maximum Gasteiger partial charge on any atom is 0.262 e. The van der Waals surface area contributed by atoms with Crippen molar-refractivity contribution >= 4 is 17.5 Å². The molecule has 2 aromatic rings.